The van der Waals surface area contributed by atoms with E-state index in [0.717, 1.165) is 11.1 Å². The Balaban J connectivity index is 1.90. The zero-order valence-corrected chi connectivity index (χ0v) is 13.4. The molecule has 0 spiro atoms. The summed E-state index contributed by atoms with van der Waals surface area (Å²) in [7, 11) is 0. The van der Waals surface area contributed by atoms with Gasteiger partial charge in [0.05, 0.1) is 16.3 Å². The first-order chi connectivity index (χ1) is 10.5. The molecule has 112 valence electrons. The fraction of sp³-hybridized carbons (Fsp3) is 0.0588. The molecular formula is C17H14Cl2N2O. The fourth-order valence-corrected chi connectivity index (χ4v) is 1.96. The number of benzene rings is 2. The van der Waals surface area contributed by atoms with Crippen LogP contribution in [0.15, 0.2) is 53.6 Å². The normalized spacial score (nSPS) is 11.2. The molecular weight excluding hydrogens is 319 g/mol. The molecule has 2 aromatic rings. The van der Waals surface area contributed by atoms with Crippen molar-refractivity contribution in [3.63, 3.8) is 0 Å². The molecule has 2 aromatic carbocycles. The van der Waals surface area contributed by atoms with Crippen molar-refractivity contribution in [2.24, 2.45) is 5.10 Å². The number of nitrogens with zero attached hydrogens (tertiary/aromatic N) is 1. The number of nitrogens with one attached hydrogen (secondary N) is 1. The van der Waals surface area contributed by atoms with Gasteiger partial charge in [-0.05, 0) is 36.3 Å². The molecule has 0 fully saturated rings. The maximum absolute atomic E-state index is 11.6. The van der Waals surface area contributed by atoms with Crippen LogP contribution < -0.4 is 5.43 Å². The molecule has 0 aliphatic heterocycles. The third kappa shape index (κ3) is 5.02. The first kappa shape index (κ1) is 16.3. The van der Waals surface area contributed by atoms with Crippen LogP contribution in [-0.4, -0.2) is 12.1 Å². The van der Waals surface area contributed by atoms with Crippen LogP contribution >= 0.6 is 23.2 Å². The second-order valence-corrected chi connectivity index (χ2v) is 5.47. The average Bonchev–Trinajstić information content (AvgIpc) is 2.50. The third-order valence-corrected chi connectivity index (χ3v) is 3.58. The van der Waals surface area contributed by atoms with Crippen molar-refractivity contribution >= 4 is 41.4 Å². The van der Waals surface area contributed by atoms with Crippen molar-refractivity contribution < 1.29 is 4.79 Å². The number of halogens is 2. The lowest BCUT2D eigenvalue weighted by molar-refractivity contribution is -0.116. The van der Waals surface area contributed by atoms with E-state index in [2.05, 4.69) is 10.5 Å². The Hall–Kier alpha value is -2.10. The van der Waals surface area contributed by atoms with E-state index in [1.165, 1.54) is 17.9 Å². The smallest absolute Gasteiger partial charge is 0.264 e. The zero-order chi connectivity index (χ0) is 15.9. The van der Waals surface area contributed by atoms with Crippen molar-refractivity contribution in [1.29, 1.82) is 0 Å². The number of aryl methyl sites for hydroxylation is 1. The van der Waals surface area contributed by atoms with Gasteiger partial charge in [-0.2, -0.15) is 5.10 Å². The molecule has 0 aliphatic carbocycles. The van der Waals surface area contributed by atoms with Gasteiger partial charge in [0.1, 0.15) is 0 Å². The Morgan fingerprint density at radius 1 is 1.05 bits per heavy atom. The van der Waals surface area contributed by atoms with Gasteiger partial charge in [0.25, 0.3) is 5.91 Å². The molecule has 0 heterocycles. The minimum atomic E-state index is -0.308. The van der Waals surface area contributed by atoms with Gasteiger partial charge >= 0.3 is 0 Å². The summed E-state index contributed by atoms with van der Waals surface area (Å²) in [5, 5.41) is 4.78. The number of rotatable bonds is 4. The molecule has 0 unspecified atom stereocenters. The van der Waals surface area contributed by atoms with Crippen LogP contribution in [0.3, 0.4) is 0 Å². The van der Waals surface area contributed by atoms with E-state index in [1.54, 1.807) is 24.3 Å². The molecule has 0 bridgehead atoms. The highest BCUT2D eigenvalue weighted by atomic mass is 35.5. The lowest BCUT2D eigenvalue weighted by Crippen LogP contribution is -2.14. The highest BCUT2D eigenvalue weighted by Gasteiger charge is 1.97. The Labute approximate surface area is 139 Å². The second-order valence-electron chi connectivity index (χ2n) is 4.65. The molecule has 0 aromatic heterocycles. The average molecular weight is 333 g/mol. The standard InChI is InChI=1S/C17H14Cl2N2O/c1-12-2-4-13(5-3-12)7-9-17(22)21-20-11-14-6-8-15(18)16(19)10-14/h2-11H,1H3,(H,21,22)/b9-7+,20-11-. The van der Waals surface area contributed by atoms with E-state index in [-0.39, 0.29) is 5.91 Å². The predicted molar refractivity (Wildman–Crippen MR) is 92.4 cm³/mol. The molecule has 0 saturated heterocycles. The Kier molecular flexibility index (Phi) is 5.75. The quantitative estimate of drug-likeness (QED) is 0.501. The van der Waals surface area contributed by atoms with Crippen molar-refractivity contribution in [2.75, 3.05) is 0 Å². The monoisotopic (exact) mass is 332 g/mol. The van der Waals surface area contributed by atoms with Crippen LogP contribution in [0.5, 0.6) is 0 Å². The molecule has 0 atom stereocenters. The van der Waals surface area contributed by atoms with Gasteiger partial charge in [-0.15, -0.1) is 0 Å². The van der Waals surface area contributed by atoms with Gasteiger partial charge in [0, 0.05) is 6.08 Å². The van der Waals surface area contributed by atoms with Crippen molar-refractivity contribution in [3.8, 4) is 0 Å². The molecule has 1 N–H and O–H groups in total. The van der Waals surface area contributed by atoms with Gasteiger partial charge in [0.15, 0.2) is 0 Å². The van der Waals surface area contributed by atoms with E-state index < -0.39 is 0 Å². The van der Waals surface area contributed by atoms with E-state index in [0.29, 0.717) is 10.0 Å². The summed E-state index contributed by atoms with van der Waals surface area (Å²) in [6.45, 7) is 2.01. The van der Waals surface area contributed by atoms with E-state index in [9.17, 15) is 4.79 Å². The van der Waals surface area contributed by atoms with Crippen molar-refractivity contribution in [2.45, 2.75) is 6.92 Å². The zero-order valence-electron chi connectivity index (χ0n) is 11.9. The maximum Gasteiger partial charge on any atom is 0.264 e. The summed E-state index contributed by atoms with van der Waals surface area (Å²) in [6.07, 6.45) is 4.65. The van der Waals surface area contributed by atoms with Crippen LogP contribution in [0.1, 0.15) is 16.7 Å². The number of hydrogen-bond acceptors (Lipinski definition) is 2. The molecule has 0 radical (unpaired) electrons. The molecule has 3 nitrogen and oxygen atoms in total. The Bertz CT molecular complexity index is 722. The van der Waals surface area contributed by atoms with Gasteiger partial charge in [-0.1, -0.05) is 59.1 Å². The molecule has 0 aliphatic rings. The summed E-state index contributed by atoms with van der Waals surface area (Å²) in [5.74, 6) is -0.308. The summed E-state index contributed by atoms with van der Waals surface area (Å²) >= 11 is 11.7. The van der Waals surface area contributed by atoms with Crippen LogP contribution in [0.4, 0.5) is 0 Å². The first-order valence-corrected chi connectivity index (χ1v) is 7.33. The van der Waals surface area contributed by atoms with E-state index >= 15 is 0 Å². The largest absolute Gasteiger partial charge is 0.268 e. The van der Waals surface area contributed by atoms with E-state index in [4.69, 9.17) is 23.2 Å². The SMILES string of the molecule is Cc1ccc(/C=C/C(=O)N/N=C\c2ccc(Cl)c(Cl)c2)cc1. The molecule has 0 saturated carbocycles. The van der Waals surface area contributed by atoms with Gasteiger partial charge in [-0.3, -0.25) is 4.79 Å². The third-order valence-electron chi connectivity index (χ3n) is 2.84. The maximum atomic E-state index is 11.6. The number of hydrogen-bond donors (Lipinski definition) is 1. The predicted octanol–water partition coefficient (Wildman–Crippen LogP) is 4.47. The summed E-state index contributed by atoms with van der Waals surface area (Å²) < 4.78 is 0. The highest BCUT2D eigenvalue weighted by Crippen LogP contribution is 2.21. The van der Waals surface area contributed by atoms with Crippen LogP contribution in [-0.2, 0) is 4.79 Å². The van der Waals surface area contributed by atoms with Gasteiger partial charge in [-0.25, -0.2) is 5.43 Å². The minimum absolute atomic E-state index is 0.308. The van der Waals surface area contributed by atoms with Crippen LogP contribution in [0.2, 0.25) is 10.0 Å². The second kappa shape index (κ2) is 7.78. The summed E-state index contributed by atoms with van der Waals surface area (Å²) in [4.78, 5) is 11.6. The van der Waals surface area contributed by atoms with Crippen molar-refractivity contribution in [3.05, 3.63) is 75.3 Å². The van der Waals surface area contributed by atoms with E-state index in [1.807, 2.05) is 31.2 Å². The number of amides is 1. The lowest BCUT2D eigenvalue weighted by Gasteiger charge is -1.98. The number of carbonyl (C=O) groups is 1. The minimum Gasteiger partial charge on any atom is -0.268 e. The number of hydrazone groups is 1. The van der Waals surface area contributed by atoms with Crippen molar-refractivity contribution in [1.82, 2.24) is 5.43 Å². The molecule has 2 rings (SSSR count). The highest BCUT2D eigenvalue weighted by molar-refractivity contribution is 6.42. The fourth-order valence-electron chi connectivity index (χ4n) is 1.65. The first-order valence-electron chi connectivity index (χ1n) is 6.57. The number of carbonyl (C=O) groups excluding carboxylic acids is 1. The topological polar surface area (TPSA) is 41.5 Å². The van der Waals surface area contributed by atoms with Crippen LogP contribution in [0.25, 0.3) is 6.08 Å². The van der Waals surface area contributed by atoms with Gasteiger partial charge < -0.3 is 0 Å². The molecule has 1 amide bonds. The lowest BCUT2D eigenvalue weighted by atomic mass is 10.1. The molecule has 22 heavy (non-hydrogen) atoms. The van der Waals surface area contributed by atoms with Crippen LogP contribution in [0, 0.1) is 6.92 Å². The Morgan fingerprint density at radius 2 is 1.73 bits per heavy atom. The molecule has 5 heteroatoms. The Morgan fingerprint density at radius 3 is 2.41 bits per heavy atom. The van der Waals surface area contributed by atoms with Gasteiger partial charge in [0.2, 0.25) is 0 Å². The summed E-state index contributed by atoms with van der Waals surface area (Å²) in [6, 6.07) is 13.0. The summed E-state index contributed by atoms with van der Waals surface area (Å²) in [5.41, 5.74) is 5.29.